The Morgan fingerprint density at radius 3 is 2.08 bits per heavy atom. The van der Waals surface area contributed by atoms with Crippen LogP contribution < -0.4 is 0 Å². The van der Waals surface area contributed by atoms with E-state index in [9.17, 15) is 8.96 Å². The van der Waals surface area contributed by atoms with E-state index in [0.717, 1.165) is 19.3 Å². The van der Waals surface area contributed by atoms with E-state index in [1.165, 1.54) is 0 Å². The van der Waals surface area contributed by atoms with E-state index >= 15 is 0 Å². The predicted molar refractivity (Wildman–Crippen MR) is 57.7 cm³/mol. The normalized spacial score (nSPS) is 14.5. The molecular formula is C10H22FOP. The molecule has 13 heavy (non-hydrogen) atoms. The molecule has 1 atom stereocenters. The van der Waals surface area contributed by atoms with Gasteiger partial charge in [-0.05, 0) is 6.42 Å². The Hall–Kier alpha value is 0.160. The van der Waals surface area contributed by atoms with Crippen molar-refractivity contribution in [3.63, 3.8) is 0 Å². The van der Waals surface area contributed by atoms with Crippen LogP contribution >= 0.6 is 7.14 Å². The van der Waals surface area contributed by atoms with Gasteiger partial charge in [-0.1, -0.05) is 40.0 Å². The largest absolute Gasteiger partial charge is 0.321 e. The third-order valence-electron chi connectivity index (χ3n) is 2.63. The molecule has 0 aromatic heterocycles. The Morgan fingerprint density at radius 2 is 1.69 bits per heavy atom. The minimum Gasteiger partial charge on any atom is -0.321 e. The lowest BCUT2D eigenvalue weighted by Crippen LogP contribution is -2.06. The molecule has 0 aliphatic carbocycles. The van der Waals surface area contributed by atoms with Gasteiger partial charge in [0.1, 0.15) is 7.14 Å². The zero-order valence-corrected chi connectivity index (χ0v) is 9.95. The third-order valence-corrected chi connectivity index (χ3v) is 6.05. The number of unbranched alkanes of at least 4 members (excludes halogenated alkanes) is 2. The van der Waals surface area contributed by atoms with E-state index in [2.05, 4.69) is 6.92 Å². The number of hydrogen-bond donors (Lipinski definition) is 0. The van der Waals surface area contributed by atoms with Crippen LogP contribution in [0.5, 0.6) is 0 Å². The number of halogens is 1. The van der Waals surface area contributed by atoms with E-state index in [0.29, 0.717) is 18.7 Å². The summed E-state index contributed by atoms with van der Waals surface area (Å²) in [5.74, 6) is -1.05. The van der Waals surface area contributed by atoms with Crippen LogP contribution in [0.3, 0.4) is 0 Å². The van der Waals surface area contributed by atoms with Gasteiger partial charge in [-0.2, -0.15) is 0 Å². The molecule has 0 rings (SSSR count). The van der Waals surface area contributed by atoms with Gasteiger partial charge in [-0.25, -0.2) is 4.39 Å². The van der Waals surface area contributed by atoms with E-state index in [4.69, 9.17) is 0 Å². The van der Waals surface area contributed by atoms with Crippen molar-refractivity contribution >= 4 is 7.14 Å². The summed E-state index contributed by atoms with van der Waals surface area (Å²) in [6.45, 7) is 5.75. The van der Waals surface area contributed by atoms with Gasteiger partial charge in [0, 0.05) is 12.3 Å². The van der Waals surface area contributed by atoms with E-state index in [1.54, 1.807) is 0 Å². The molecule has 0 fully saturated rings. The molecule has 0 N–H and O–H groups in total. The van der Waals surface area contributed by atoms with Crippen molar-refractivity contribution in [3.8, 4) is 0 Å². The lowest BCUT2D eigenvalue weighted by molar-refractivity contribution is 0.386. The zero-order chi connectivity index (χ0) is 10.3. The average Bonchev–Trinajstić information content (AvgIpc) is 2.17. The molecule has 0 spiro atoms. The number of rotatable bonds is 7. The van der Waals surface area contributed by atoms with Crippen molar-refractivity contribution in [2.24, 2.45) is 0 Å². The van der Waals surface area contributed by atoms with Gasteiger partial charge in [-0.15, -0.1) is 0 Å². The highest BCUT2D eigenvalue weighted by Gasteiger charge is 2.28. The monoisotopic (exact) mass is 208 g/mol. The van der Waals surface area contributed by atoms with Crippen molar-refractivity contribution in [3.05, 3.63) is 0 Å². The Morgan fingerprint density at radius 1 is 1.15 bits per heavy atom. The molecule has 0 radical (unpaired) electrons. The predicted octanol–water partition coefficient (Wildman–Crippen LogP) is 4.27. The van der Waals surface area contributed by atoms with Crippen LogP contribution in [0.1, 0.15) is 46.5 Å². The minimum atomic E-state index is -2.48. The summed E-state index contributed by atoms with van der Waals surface area (Å²) in [4.78, 5) is 0. The number of hydrogen-bond acceptors (Lipinski definition) is 1. The molecule has 1 nitrogen and oxygen atoms in total. The molecule has 80 valence electrons. The standard InChI is InChI=1S/C10H22FOP/c1-4-7-8-9-10(11)13(12,5-2)6-3/h10H,4-9H2,1-3H3. The molecule has 0 heterocycles. The molecule has 0 aromatic rings. The Kier molecular flexibility index (Phi) is 6.67. The van der Waals surface area contributed by atoms with Crippen molar-refractivity contribution in [2.75, 3.05) is 12.3 Å². The van der Waals surface area contributed by atoms with E-state index in [-0.39, 0.29) is 0 Å². The quantitative estimate of drug-likeness (QED) is 0.451. The summed E-state index contributed by atoms with van der Waals surface area (Å²) in [6, 6.07) is 0. The Balaban J connectivity index is 3.92. The fraction of sp³-hybridized carbons (Fsp3) is 1.00. The van der Waals surface area contributed by atoms with Gasteiger partial charge in [-0.3, -0.25) is 0 Å². The maximum atomic E-state index is 13.5. The fourth-order valence-corrected chi connectivity index (χ4v) is 3.31. The molecule has 0 saturated carbocycles. The molecule has 0 amide bonds. The zero-order valence-electron chi connectivity index (χ0n) is 9.05. The SMILES string of the molecule is CCCCCC(F)P(=O)(CC)CC. The molecule has 0 saturated heterocycles. The fourth-order valence-electron chi connectivity index (χ4n) is 1.42. The van der Waals surface area contributed by atoms with Crippen molar-refractivity contribution < 1.29 is 8.96 Å². The molecular weight excluding hydrogens is 186 g/mol. The van der Waals surface area contributed by atoms with Crippen LogP contribution in [-0.4, -0.2) is 18.2 Å². The summed E-state index contributed by atoms with van der Waals surface area (Å²) < 4.78 is 25.4. The topological polar surface area (TPSA) is 17.1 Å². The maximum absolute atomic E-state index is 13.5. The van der Waals surface area contributed by atoms with Crippen molar-refractivity contribution in [1.82, 2.24) is 0 Å². The summed E-state index contributed by atoms with van der Waals surface area (Å²) in [7, 11) is -2.48. The van der Waals surface area contributed by atoms with Crippen molar-refractivity contribution in [2.45, 2.75) is 52.4 Å². The highest BCUT2D eigenvalue weighted by atomic mass is 31.2. The average molecular weight is 208 g/mol. The molecule has 0 aliphatic heterocycles. The summed E-state index contributed by atoms with van der Waals surface area (Å²) in [6.07, 6.45) is 4.53. The lowest BCUT2D eigenvalue weighted by Gasteiger charge is -2.18. The maximum Gasteiger partial charge on any atom is 0.153 e. The van der Waals surface area contributed by atoms with Crippen LogP contribution in [0.2, 0.25) is 0 Å². The second-order valence-corrected chi connectivity index (χ2v) is 7.25. The first kappa shape index (κ1) is 13.2. The smallest absolute Gasteiger partial charge is 0.153 e. The summed E-state index contributed by atoms with van der Waals surface area (Å²) in [5.41, 5.74) is 0. The lowest BCUT2D eigenvalue weighted by atomic mass is 10.2. The van der Waals surface area contributed by atoms with Crippen LogP contribution in [0.4, 0.5) is 4.39 Å². The Bertz CT molecular complexity index is 162. The highest BCUT2D eigenvalue weighted by Crippen LogP contribution is 2.52. The van der Waals surface area contributed by atoms with Crippen LogP contribution in [0, 0.1) is 0 Å². The summed E-state index contributed by atoms with van der Waals surface area (Å²) in [5, 5.41) is 0. The van der Waals surface area contributed by atoms with Crippen molar-refractivity contribution in [1.29, 1.82) is 0 Å². The second-order valence-electron chi connectivity index (χ2n) is 3.52. The van der Waals surface area contributed by atoms with Gasteiger partial charge < -0.3 is 4.57 Å². The minimum absolute atomic E-state index is 0.493. The molecule has 3 heteroatoms. The Labute approximate surface area is 81.5 Å². The van der Waals surface area contributed by atoms with Gasteiger partial charge in [0.25, 0.3) is 0 Å². The second kappa shape index (κ2) is 6.59. The molecule has 0 aromatic carbocycles. The first-order chi connectivity index (χ1) is 6.10. The first-order valence-electron chi connectivity index (χ1n) is 5.32. The van der Waals surface area contributed by atoms with Gasteiger partial charge >= 0.3 is 0 Å². The highest BCUT2D eigenvalue weighted by molar-refractivity contribution is 7.64. The van der Waals surface area contributed by atoms with Crippen LogP contribution in [-0.2, 0) is 4.57 Å². The summed E-state index contributed by atoms with van der Waals surface area (Å²) >= 11 is 0. The van der Waals surface area contributed by atoms with Gasteiger partial charge in [0.2, 0.25) is 0 Å². The molecule has 0 aliphatic rings. The van der Waals surface area contributed by atoms with Gasteiger partial charge in [0.15, 0.2) is 5.91 Å². The molecule has 1 unspecified atom stereocenters. The first-order valence-corrected chi connectivity index (χ1v) is 7.47. The van der Waals surface area contributed by atoms with E-state index in [1.807, 2.05) is 13.8 Å². The van der Waals surface area contributed by atoms with E-state index < -0.39 is 13.1 Å². The third kappa shape index (κ3) is 4.26. The van der Waals surface area contributed by atoms with Crippen LogP contribution in [0.15, 0.2) is 0 Å². The number of alkyl halides is 1. The van der Waals surface area contributed by atoms with Crippen LogP contribution in [0.25, 0.3) is 0 Å². The van der Waals surface area contributed by atoms with Gasteiger partial charge in [0.05, 0.1) is 0 Å². The molecule has 0 bridgehead atoms.